The number of aromatic nitrogens is 1. The van der Waals surface area contributed by atoms with Crippen molar-refractivity contribution in [1.29, 1.82) is 0 Å². The molecule has 0 radical (unpaired) electrons. The Labute approximate surface area is 545 Å². The maximum Gasteiger partial charge on any atom is 0.0541 e. The Balaban J connectivity index is 0.691. The molecule has 0 N–H and O–H groups in total. The van der Waals surface area contributed by atoms with Crippen molar-refractivity contribution in [3.63, 3.8) is 0 Å². The summed E-state index contributed by atoms with van der Waals surface area (Å²) in [4.78, 5) is 12.1. The van der Waals surface area contributed by atoms with E-state index in [0.717, 1.165) is 79.1 Å². The van der Waals surface area contributed by atoms with Gasteiger partial charge < -0.3 is 19.3 Å². The van der Waals surface area contributed by atoms with Crippen molar-refractivity contribution in [3.05, 3.63) is 364 Å². The van der Waals surface area contributed by atoms with Crippen LogP contribution in [0.15, 0.2) is 364 Å². The molecular formula is C86H60N4S2. The lowest BCUT2D eigenvalue weighted by Gasteiger charge is -2.27. The van der Waals surface area contributed by atoms with E-state index < -0.39 is 0 Å². The molecule has 3 aromatic heterocycles. The molecular weight excluding hydrogens is 1150 g/mol. The molecule has 0 amide bonds. The first kappa shape index (κ1) is 55.7. The SMILES string of the molecule is c1ccc(-c2ccc(-c3ccc(N(c4ccccc4)c4ccc(-c5ccc(N(c6ccc(-c7ccc(N(c8ccccc8)c8ccc(-c9ccc(-c%10ccccc%10)s9)cc8)cc7)cc6)c6ccc(-n7c8ccccc8c8ccccc87)cc6)cc5)cc4)cc3)s2)cc1. The first-order chi connectivity index (χ1) is 45.6. The lowest BCUT2D eigenvalue weighted by molar-refractivity contribution is 1.17. The van der Waals surface area contributed by atoms with Crippen molar-refractivity contribution in [2.24, 2.45) is 0 Å². The van der Waals surface area contributed by atoms with Crippen LogP contribution in [-0.4, -0.2) is 4.57 Å². The summed E-state index contributed by atoms with van der Waals surface area (Å²) in [6.07, 6.45) is 0. The van der Waals surface area contributed by atoms with Crippen molar-refractivity contribution in [3.8, 4) is 69.7 Å². The molecule has 0 saturated carbocycles. The predicted octanol–water partition coefficient (Wildman–Crippen LogP) is 25.3. The Bertz CT molecular complexity index is 4840. The molecule has 0 atom stereocenters. The van der Waals surface area contributed by atoms with Crippen molar-refractivity contribution >= 4 is 95.7 Å². The molecule has 0 spiro atoms. The Kier molecular flexibility index (Phi) is 15.0. The Hall–Kier alpha value is -11.5. The number of nitrogens with zero attached hydrogens (tertiary/aromatic N) is 4. The van der Waals surface area contributed by atoms with Gasteiger partial charge in [-0.2, -0.15) is 0 Å². The molecule has 0 unspecified atom stereocenters. The minimum absolute atomic E-state index is 1.06. The summed E-state index contributed by atoms with van der Waals surface area (Å²) >= 11 is 3.65. The van der Waals surface area contributed by atoms with Gasteiger partial charge in [-0.15, -0.1) is 22.7 Å². The largest absolute Gasteiger partial charge is 0.311 e. The molecule has 13 aromatic carbocycles. The molecule has 4 nitrogen and oxygen atoms in total. The molecule has 16 rings (SSSR count). The molecule has 92 heavy (non-hydrogen) atoms. The van der Waals surface area contributed by atoms with Crippen molar-refractivity contribution in [1.82, 2.24) is 4.57 Å². The van der Waals surface area contributed by atoms with Gasteiger partial charge in [0.1, 0.15) is 0 Å². The number of thiophene rings is 2. The molecule has 0 aliphatic rings. The second kappa shape index (κ2) is 24.8. The monoisotopic (exact) mass is 1210 g/mol. The summed E-state index contributed by atoms with van der Waals surface area (Å²) in [5, 5.41) is 2.49. The van der Waals surface area contributed by atoms with Crippen LogP contribution in [0.4, 0.5) is 51.2 Å². The number of anilines is 9. The van der Waals surface area contributed by atoms with Crippen LogP contribution >= 0.6 is 22.7 Å². The van der Waals surface area contributed by atoms with Crippen LogP contribution in [0.3, 0.4) is 0 Å². The molecule has 0 fully saturated rings. The van der Waals surface area contributed by atoms with Crippen LogP contribution in [0.25, 0.3) is 91.5 Å². The van der Waals surface area contributed by atoms with E-state index in [0.29, 0.717) is 0 Å². The van der Waals surface area contributed by atoms with Gasteiger partial charge in [-0.3, -0.25) is 0 Å². The highest BCUT2D eigenvalue weighted by molar-refractivity contribution is 7.19. The van der Waals surface area contributed by atoms with Gasteiger partial charge in [0, 0.05) is 87.2 Å². The minimum Gasteiger partial charge on any atom is -0.311 e. The zero-order valence-electron chi connectivity index (χ0n) is 50.2. The van der Waals surface area contributed by atoms with E-state index in [1.54, 1.807) is 0 Å². The lowest BCUT2D eigenvalue weighted by atomic mass is 10.0. The van der Waals surface area contributed by atoms with E-state index in [-0.39, 0.29) is 0 Å². The molecule has 0 bridgehead atoms. The van der Waals surface area contributed by atoms with Gasteiger partial charge in [0.2, 0.25) is 0 Å². The van der Waals surface area contributed by atoms with E-state index in [4.69, 9.17) is 0 Å². The van der Waals surface area contributed by atoms with E-state index in [1.165, 1.54) is 63.6 Å². The summed E-state index contributed by atoms with van der Waals surface area (Å²) in [7, 11) is 0. The van der Waals surface area contributed by atoms with Crippen LogP contribution < -0.4 is 14.7 Å². The number of benzene rings is 13. The third kappa shape index (κ3) is 11.0. The van der Waals surface area contributed by atoms with Crippen LogP contribution in [-0.2, 0) is 0 Å². The number of fused-ring (bicyclic) bond motifs is 3. The number of hydrogen-bond donors (Lipinski definition) is 0. The number of rotatable bonds is 16. The Morgan fingerprint density at radius 1 is 0.174 bits per heavy atom. The molecule has 3 heterocycles. The maximum absolute atomic E-state index is 2.38. The zero-order chi connectivity index (χ0) is 61.2. The minimum atomic E-state index is 1.06. The zero-order valence-corrected chi connectivity index (χ0v) is 51.9. The van der Waals surface area contributed by atoms with Crippen molar-refractivity contribution in [2.45, 2.75) is 0 Å². The standard InChI is InChI=1S/C86H60N4S2/c1-5-17-65(18-6-1)83-57-59-85(91-83)67-37-49-75(50-38-67)87(69-21-9-3-10-22-69)71-41-29-61(30-42-71)63-33-45-73(46-34-63)89(77-53-55-78(56-54-77)90-81-27-15-13-25-79(81)80-26-14-16-28-82(80)90)74-47-35-64(36-48-74)62-31-43-72(44-32-62)88(70-23-11-4-12-24-70)76-51-39-68(40-52-76)86-60-58-84(92-86)66-19-7-2-8-20-66/h1-60H. The van der Waals surface area contributed by atoms with Crippen LogP contribution in [0.1, 0.15) is 0 Å². The highest BCUT2D eigenvalue weighted by atomic mass is 32.1. The molecule has 436 valence electrons. The number of hydrogen-bond acceptors (Lipinski definition) is 5. The molecule has 6 heteroatoms. The van der Waals surface area contributed by atoms with Gasteiger partial charge in [-0.05, 0) is 202 Å². The van der Waals surface area contributed by atoms with Gasteiger partial charge in [-0.25, -0.2) is 0 Å². The van der Waals surface area contributed by atoms with Gasteiger partial charge >= 0.3 is 0 Å². The fraction of sp³-hybridized carbons (Fsp3) is 0. The van der Waals surface area contributed by atoms with Crippen LogP contribution in [0, 0.1) is 0 Å². The predicted molar refractivity (Wildman–Crippen MR) is 393 cm³/mol. The first-order valence-corrected chi connectivity index (χ1v) is 32.8. The lowest BCUT2D eigenvalue weighted by Crippen LogP contribution is -2.10. The van der Waals surface area contributed by atoms with E-state index >= 15 is 0 Å². The van der Waals surface area contributed by atoms with E-state index in [1.807, 2.05) is 22.7 Å². The normalized spacial score (nSPS) is 11.3. The van der Waals surface area contributed by atoms with Gasteiger partial charge in [0.25, 0.3) is 0 Å². The first-order valence-electron chi connectivity index (χ1n) is 31.1. The summed E-state index contributed by atoms with van der Waals surface area (Å²) in [6.45, 7) is 0. The third-order valence-corrected chi connectivity index (χ3v) is 19.7. The average molecular weight is 1210 g/mol. The Morgan fingerprint density at radius 2 is 0.391 bits per heavy atom. The van der Waals surface area contributed by atoms with Crippen molar-refractivity contribution < 1.29 is 0 Å². The second-order valence-electron chi connectivity index (χ2n) is 22.9. The summed E-state index contributed by atoms with van der Waals surface area (Å²) in [6, 6.07) is 132. The van der Waals surface area contributed by atoms with Crippen LogP contribution in [0.5, 0.6) is 0 Å². The van der Waals surface area contributed by atoms with Gasteiger partial charge in [-0.1, -0.05) is 206 Å². The highest BCUT2D eigenvalue weighted by Crippen LogP contribution is 2.44. The maximum atomic E-state index is 2.38. The van der Waals surface area contributed by atoms with Crippen molar-refractivity contribution in [2.75, 3.05) is 14.7 Å². The van der Waals surface area contributed by atoms with Crippen LogP contribution in [0.2, 0.25) is 0 Å². The van der Waals surface area contributed by atoms with E-state index in [9.17, 15) is 0 Å². The third-order valence-electron chi connectivity index (χ3n) is 17.3. The summed E-state index contributed by atoms with van der Waals surface area (Å²) < 4.78 is 2.38. The van der Waals surface area contributed by atoms with Gasteiger partial charge in [0.05, 0.1) is 11.0 Å². The van der Waals surface area contributed by atoms with E-state index in [2.05, 4.69) is 383 Å². The molecule has 0 aliphatic carbocycles. The Morgan fingerprint density at radius 3 is 0.685 bits per heavy atom. The smallest absolute Gasteiger partial charge is 0.0541 e. The molecule has 0 saturated heterocycles. The summed E-state index contributed by atoms with van der Waals surface area (Å²) in [5.74, 6) is 0. The molecule has 16 aromatic rings. The summed E-state index contributed by atoms with van der Waals surface area (Å²) in [5.41, 5.74) is 22.7. The second-order valence-corrected chi connectivity index (χ2v) is 25.1. The molecule has 0 aliphatic heterocycles. The average Bonchev–Trinajstić information content (AvgIpc) is 1.60. The highest BCUT2D eigenvalue weighted by Gasteiger charge is 2.20. The fourth-order valence-electron chi connectivity index (χ4n) is 12.7. The topological polar surface area (TPSA) is 14.7 Å². The quantitative estimate of drug-likeness (QED) is 0.0958. The van der Waals surface area contributed by atoms with Gasteiger partial charge in [0.15, 0.2) is 0 Å². The fourth-order valence-corrected chi connectivity index (χ4v) is 14.7. The number of para-hydroxylation sites is 4.